The van der Waals surface area contributed by atoms with E-state index in [1.54, 1.807) is 18.2 Å². The minimum atomic E-state index is -0.961. The molecule has 2 aromatic rings. The van der Waals surface area contributed by atoms with Gasteiger partial charge in [-0.2, -0.15) is 10.2 Å². The molecule has 0 heterocycles. The van der Waals surface area contributed by atoms with E-state index in [0.29, 0.717) is 5.69 Å². The van der Waals surface area contributed by atoms with Crippen molar-refractivity contribution in [3.05, 3.63) is 63.3 Å². The number of nitrogens with zero attached hydrogens (tertiary/aromatic N) is 2. The first-order valence-electron chi connectivity index (χ1n) is 5.32. The fraction of sp³-hybridized carbons (Fsp3) is 0.0769. The van der Waals surface area contributed by atoms with Crippen LogP contribution in [0.5, 0.6) is 0 Å². The first-order valence-corrected chi connectivity index (χ1v) is 6.93. The predicted molar refractivity (Wildman–Crippen MR) is 78.7 cm³/mol. The Hall–Kier alpha value is -0.970. The Morgan fingerprint density at radius 3 is 2.42 bits per heavy atom. The zero-order valence-corrected chi connectivity index (χ0v) is 12.6. The third kappa shape index (κ3) is 3.75. The van der Waals surface area contributed by atoms with E-state index < -0.39 is 11.3 Å². The standard InChI is InChI=1S/C13H8BrCl2FN2/c14-8-4-6-9(7-5-8)18-19-13(16)12-10(15)2-1-3-11(12)17/h1-7,13H. The number of hydrogen-bond donors (Lipinski definition) is 0. The van der Waals surface area contributed by atoms with Crippen LogP contribution in [0.15, 0.2) is 57.2 Å². The minimum Gasteiger partial charge on any atom is -0.207 e. The van der Waals surface area contributed by atoms with Crippen LogP contribution in [0.3, 0.4) is 0 Å². The highest BCUT2D eigenvalue weighted by atomic mass is 79.9. The summed E-state index contributed by atoms with van der Waals surface area (Å²) in [6.07, 6.45) is 0. The maximum Gasteiger partial charge on any atom is 0.174 e. The molecule has 0 saturated heterocycles. The Morgan fingerprint density at radius 2 is 1.79 bits per heavy atom. The number of alkyl halides is 1. The first-order chi connectivity index (χ1) is 9.08. The van der Waals surface area contributed by atoms with Crippen molar-refractivity contribution in [1.82, 2.24) is 0 Å². The Morgan fingerprint density at radius 1 is 1.11 bits per heavy atom. The van der Waals surface area contributed by atoms with Crippen LogP contribution in [0.1, 0.15) is 11.1 Å². The molecule has 2 aromatic carbocycles. The van der Waals surface area contributed by atoms with Crippen LogP contribution in [0, 0.1) is 5.82 Å². The van der Waals surface area contributed by atoms with E-state index in [1.807, 2.05) is 12.1 Å². The van der Waals surface area contributed by atoms with Crippen molar-refractivity contribution in [3.8, 4) is 0 Å². The lowest BCUT2D eigenvalue weighted by atomic mass is 10.2. The summed E-state index contributed by atoms with van der Waals surface area (Å²) >= 11 is 15.2. The number of hydrogen-bond acceptors (Lipinski definition) is 2. The molecule has 0 spiro atoms. The highest BCUT2D eigenvalue weighted by Gasteiger charge is 2.15. The van der Waals surface area contributed by atoms with E-state index in [1.165, 1.54) is 12.1 Å². The van der Waals surface area contributed by atoms with Crippen LogP contribution in [0.2, 0.25) is 5.02 Å². The molecule has 0 amide bonds. The average molecular weight is 362 g/mol. The van der Waals surface area contributed by atoms with Crippen LogP contribution in [-0.4, -0.2) is 0 Å². The van der Waals surface area contributed by atoms with Crippen LogP contribution < -0.4 is 0 Å². The van der Waals surface area contributed by atoms with Gasteiger partial charge < -0.3 is 0 Å². The molecule has 0 fully saturated rings. The average Bonchev–Trinajstić information content (AvgIpc) is 2.38. The summed E-state index contributed by atoms with van der Waals surface area (Å²) in [7, 11) is 0. The van der Waals surface area contributed by atoms with Crippen molar-refractivity contribution in [2.75, 3.05) is 0 Å². The van der Waals surface area contributed by atoms with Gasteiger partial charge in [-0.05, 0) is 36.4 Å². The van der Waals surface area contributed by atoms with Gasteiger partial charge >= 0.3 is 0 Å². The normalized spacial score (nSPS) is 12.8. The van der Waals surface area contributed by atoms with Gasteiger partial charge in [-0.1, -0.05) is 45.2 Å². The van der Waals surface area contributed by atoms with E-state index in [2.05, 4.69) is 26.2 Å². The maximum absolute atomic E-state index is 13.6. The molecule has 0 aliphatic rings. The first kappa shape index (κ1) is 14.4. The molecule has 2 nitrogen and oxygen atoms in total. The lowest BCUT2D eigenvalue weighted by molar-refractivity contribution is 0.606. The topological polar surface area (TPSA) is 24.7 Å². The van der Waals surface area contributed by atoms with Crippen LogP contribution in [0.25, 0.3) is 0 Å². The molecule has 0 aliphatic heterocycles. The molecular weight excluding hydrogens is 354 g/mol. The van der Waals surface area contributed by atoms with Crippen molar-refractivity contribution in [3.63, 3.8) is 0 Å². The Kier molecular flexibility index (Phi) is 4.91. The summed E-state index contributed by atoms with van der Waals surface area (Å²) in [5.41, 5.74) is -0.203. The SMILES string of the molecule is Fc1cccc(Cl)c1C(Cl)N=Nc1ccc(Br)cc1. The summed E-state index contributed by atoms with van der Waals surface area (Å²) in [4.78, 5) is 0. The molecule has 0 bridgehead atoms. The van der Waals surface area contributed by atoms with Gasteiger partial charge in [0.05, 0.1) is 10.7 Å². The second kappa shape index (κ2) is 6.46. The molecule has 19 heavy (non-hydrogen) atoms. The molecule has 0 aromatic heterocycles. The lowest BCUT2D eigenvalue weighted by Gasteiger charge is -2.07. The van der Waals surface area contributed by atoms with Crippen LogP contribution in [-0.2, 0) is 0 Å². The Labute approximate surface area is 128 Å². The van der Waals surface area contributed by atoms with E-state index >= 15 is 0 Å². The van der Waals surface area contributed by atoms with Gasteiger partial charge in [0, 0.05) is 10.0 Å². The number of halogens is 4. The third-order valence-electron chi connectivity index (χ3n) is 2.34. The largest absolute Gasteiger partial charge is 0.207 e. The highest BCUT2D eigenvalue weighted by Crippen LogP contribution is 2.32. The summed E-state index contributed by atoms with van der Waals surface area (Å²) in [6, 6.07) is 11.5. The molecule has 1 unspecified atom stereocenters. The van der Waals surface area contributed by atoms with Gasteiger partial charge in [-0.15, -0.1) is 0 Å². The summed E-state index contributed by atoms with van der Waals surface area (Å²) in [5, 5.41) is 8.05. The molecule has 0 saturated carbocycles. The van der Waals surface area contributed by atoms with Gasteiger partial charge in [-0.25, -0.2) is 4.39 Å². The van der Waals surface area contributed by atoms with Crippen LogP contribution >= 0.6 is 39.1 Å². The van der Waals surface area contributed by atoms with Crippen molar-refractivity contribution >= 4 is 44.8 Å². The third-order valence-corrected chi connectivity index (χ3v) is 3.50. The summed E-state index contributed by atoms with van der Waals surface area (Å²) in [5.74, 6) is -0.498. The van der Waals surface area contributed by atoms with Gasteiger partial charge in [-0.3, -0.25) is 0 Å². The number of rotatable bonds is 3. The molecule has 0 N–H and O–H groups in total. The molecule has 6 heteroatoms. The van der Waals surface area contributed by atoms with E-state index in [9.17, 15) is 4.39 Å². The van der Waals surface area contributed by atoms with E-state index in [-0.39, 0.29) is 10.6 Å². The van der Waals surface area contributed by atoms with Crippen molar-refractivity contribution in [2.45, 2.75) is 5.50 Å². The second-order valence-corrected chi connectivity index (χ2v) is 5.40. The zero-order valence-electron chi connectivity index (χ0n) is 9.53. The van der Waals surface area contributed by atoms with Gasteiger partial charge in [0.15, 0.2) is 5.50 Å². The van der Waals surface area contributed by atoms with E-state index in [4.69, 9.17) is 23.2 Å². The molecule has 98 valence electrons. The fourth-order valence-corrected chi connectivity index (χ4v) is 2.27. The fourth-order valence-electron chi connectivity index (χ4n) is 1.42. The van der Waals surface area contributed by atoms with Crippen molar-refractivity contribution < 1.29 is 4.39 Å². The zero-order chi connectivity index (χ0) is 13.8. The number of azo groups is 1. The summed E-state index contributed by atoms with van der Waals surface area (Å²) < 4.78 is 14.5. The Balaban J connectivity index is 2.21. The van der Waals surface area contributed by atoms with Crippen molar-refractivity contribution in [2.24, 2.45) is 10.2 Å². The Bertz CT molecular complexity index is 582. The molecule has 0 radical (unpaired) electrons. The highest BCUT2D eigenvalue weighted by molar-refractivity contribution is 9.10. The summed E-state index contributed by atoms with van der Waals surface area (Å²) in [6.45, 7) is 0. The molecule has 2 rings (SSSR count). The van der Waals surface area contributed by atoms with Crippen molar-refractivity contribution in [1.29, 1.82) is 0 Å². The predicted octanol–water partition coefficient (Wildman–Crippen LogP) is 6.26. The molecule has 1 atom stereocenters. The maximum atomic E-state index is 13.6. The number of benzene rings is 2. The van der Waals surface area contributed by atoms with Crippen LogP contribution in [0.4, 0.5) is 10.1 Å². The van der Waals surface area contributed by atoms with Gasteiger partial charge in [0.25, 0.3) is 0 Å². The lowest BCUT2D eigenvalue weighted by Crippen LogP contribution is -1.92. The molecule has 0 aliphatic carbocycles. The van der Waals surface area contributed by atoms with Gasteiger partial charge in [0.1, 0.15) is 5.82 Å². The monoisotopic (exact) mass is 360 g/mol. The quantitative estimate of drug-likeness (QED) is 0.350. The minimum absolute atomic E-state index is 0.131. The molecular formula is C13H8BrCl2FN2. The van der Waals surface area contributed by atoms with E-state index in [0.717, 1.165) is 4.47 Å². The van der Waals surface area contributed by atoms with Gasteiger partial charge in [0.2, 0.25) is 0 Å². The second-order valence-electron chi connectivity index (χ2n) is 3.66. The smallest absolute Gasteiger partial charge is 0.174 e.